The number of piperidine rings is 1. The molecule has 1 amide bonds. The number of nitrogens with zero attached hydrogens (tertiary/aromatic N) is 1. The highest BCUT2D eigenvalue weighted by molar-refractivity contribution is 7.89. The van der Waals surface area contributed by atoms with E-state index < -0.39 is 15.8 Å². The lowest BCUT2D eigenvalue weighted by molar-refractivity contribution is 0.0603. The number of carbonyl (C=O) groups excluding carboxylic acids is 1. The summed E-state index contributed by atoms with van der Waals surface area (Å²) < 4.78 is 36.4. The van der Waals surface area contributed by atoms with E-state index in [-0.39, 0.29) is 22.4 Å². The summed E-state index contributed by atoms with van der Waals surface area (Å²) in [7, 11) is -3.97. The lowest BCUT2D eigenvalue weighted by Crippen LogP contribution is -2.43. The largest absolute Gasteiger partial charge is 0.336 e. The van der Waals surface area contributed by atoms with Gasteiger partial charge in [-0.15, -0.1) is 0 Å². The van der Waals surface area contributed by atoms with Gasteiger partial charge < -0.3 is 4.90 Å². The third kappa shape index (κ3) is 3.41. The first-order valence-corrected chi connectivity index (χ1v) is 8.52. The summed E-state index contributed by atoms with van der Waals surface area (Å²) in [6.45, 7) is 2.60. The van der Waals surface area contributed by atoms with Crippen molar-refractivity contribution in [3.63, 3.8) is 0 Å². The molecule has 1 aromatic carbocycles. The maximum Gasteiger partial charge on any atom is 0.257 e. The average Bonchev–Trinajstić information content (AvgIpc) is 2.45. The summed E-state index contributed by atoms with van der Waals surface area (Å²) in [5.41, 5.74) is -0.109. The Morgan fingerprint density at radius 2 is 2.14 bits per heavy atom. The zero-order valence-corrected chi connectivity index (χ0v) is 12.7. The number of halogens is 1. The quantitative estimate of drug-likeness (QED) is 0.925. The number of nitrogens with two attached hydrogens (primary N) is 1. The molecule has 1 unspecified atom stereocenters. The van der Waals surface area contributed by atoms with Crippen molar-refractivity contribution in [1.82, 2.24) is 4.90 Å². The van der Waals surface area contributed by atoms with Crippen molar-refractivity contribution in [2.75, 3.05) is 6.54 Å². The zero-order chi connectivity index (χ0) is 15.6. The van der Waals surface area contributed by atoms with Crippen molar-refractivity contribution in [3.8, 4) is 0 Å². The highest BCUT2D eigenvalue weighted by Crippen LogP contribution is 2.23. The Morgan fingerprint density at radius 1 is 1.43 bits per heavy atom. The third-order valence-electron chi connectivity index (χ3n) is 3.86. The molecule has 0 radical (unpaired) electrons. The predicted octanol–water partition coefficient (Wildman–Crippen LogP) is 1.88. The first-order valence-electron chi connectivity index (χ1n) is 6.98. The fourth-order valence-electron chi connectivity index (χ4n) is 2.69. The Kier molecular flexibility index (Phi) is 4.63. The number of rotatable bonds is 3. The lowest BCUT2D eigenvalue weighted by atomic mass is 9.99. The number of primary sulfonamides is 1. The molecule has 1 atom stereocenters. The van der Waals surface area contributed by atoms with Crippen LogP contribution < -0.4 is 5.14 Å². The standard InChI is InChI=1S/C14H19FN2O3S/c1-2-10-5-3-4-8-17(10)14(18)12-7-6-11(9-13(12)15)21(16,19)20/h6-7,9-10H,2-5,8H2,1H3,(H2,16,19,20). The Bertz CT molecular complexity index is 646. The van der Waals surface area contributed by atoms with Crippen LogP contribution in [0.15, 0.2) is 23.1 Å². The molecule has 0 aliphatic carbocycles. The molecule has 1 aliphatic rings. The van der Waals surface area contributed by atoms with Crippen LogP contribution in [0.4, 0.5) is 4.39 Å². The number of carbonyl (C=O) groups is 1. The van der Waals surface area contributed by atoms with E-state index >= 15 is 0 Å². The number of benzene rings is 1. The summed E-state index contributed by atoms with van der Waals surface area (Å²) in [4.78, 5) is 13.8. The number of amides is 1. The van der Waals surface area contributed by atoms with Gasteiger partial charge >= 0.3 is 0 Å². The fourth-order valence-corrected chi connectivity index (χ4v) is 3.22. The average molecular weight is 314 g/mol. The third-order valence-corrected chi connectivity index (χ3v) is 4.77. The topological polar surface area (TPSA) is 80.5 Å². The maximum absolute atomic E-state index is 14.0. The van der Waals surface area contributed by atoms with Crippen LogP contribution in [0.25, 0.3) is 0 Å². The second-order valence-corrected chi connectivity index (χ2v) is 6.80. The highest BCUT2D eigenvalue weighted by atomic mass is 32.2. The molecule has 7 heteroatoms. The Balaban J connectivity index is 2.31. The molecule has 21 heavy (non-hydrogen) atoms. The van der Waals surface area contributed by atoms with Crippen LogP contribution in [0.2, 0.25) is 0 Å². The SMILES string of the molecule is CCC1CCCCN1C(=O)c1ccc(S(N)(=O)=O)cc1F. The first kappa shape index (κ1) is 15.9. The van der Waals surface area contributed by atoms with Crippen LogP contribution in [-0.2, 0) is 10.0 Å². The molecule has 0 spiro atoms. The van der Waals surface area contributed by atoms with E-state index in [1.165, 1.54) is 6.07 Å². The zero-order valence-electron chi connectivity index (χ0n) is 11.9. The number of hydrogen-bond donors (Lipinski definition) is 1. The van der Waals surface area contributed by atoms with Gasteiger partial charge in [-0.05, 0) is 43.9 Å². The minimum Gasteiger partial charge on any atom is -0.336 e. The Morgan fingerprint density at radius 3 is 2.71 bits per heavy atom. The smallest absolute Gasteiger partial charge is 0.257 e. The van der Waals surface area contributed by atoms with Gasteiger partial charge in [0.05, 0.1) is 10.5 Å². The van der Waals surface area contributed by atoms with E-state index in [2.05, 4.69) is 0 Å². The molecular weight excluding hydrogens is 295 g/mol. The number of sulfonamides is 1. The molecule has 0 saturated carbocycles. The molecule has 1 fully saturated rings. The highest BCUT2D eigenvalue weighted by Gasteiger charge is 2.28. The molecule has 1 aliphatic heterocycles. The van der Waals surface area contributed by atoms with Crippen molar-refractivity contribution in [3.05, 3.63) is 29.6 Å². The molecule has 2 rings (SSSR count). The van der Waals surface area contributed by atoms with Gasteiger partial charge in [-0.2, -0.15) is 0 Å². The Labute approximate surface area is 124 Å². The Hall–Kier alpha value is -1.47. The minimum absolute atomic E-state index is 0.109. The van der Waals surface area contributed by atoms with E-state index in [0.717, 1.165) is 37.8 Å². The second-order valence-electron chi connectivity index (χ2n) is 5.24. The molecule has 1 heterocycles. The van der Waals surface area contributed by atoms with Crippen molar-refractivity contribution in [1.29, 1.82) is 0 Å². The molecule has 2 N–H and O–H groups in total. The van der Waals surface area contributed by atoms with E-state index in [0.29, 0.717) is 6.54 Å². The van der Waals surface area contributed by atoms with E-state index in [1.807, 2.05) is 6.92 Å². The van der Waals surface area contributed by atoms with Gasteiger partial charge in [0.1, 0.15) is 5.82 Å². The van der Waals surface area contributed by atoms with E-state index in [9.17, 15) is 17.6 Å². The van der Waals surface area contributed by atoms with E-state index in [1.54, 1.807) is 4.90 Å². The van der Waals surface area contributed by atoms with Gasteiger partial charge in [0, 0.05) is 12.6 Å². The van der Waals surface area contributed by atoms with Crippen LogP contribution in [0.1, 0.15) is 43.0 Å². The number of hydrogen-bond acceptors (Lipinski definition) is 3. The molecule has 116 valence electrons. The molecule has 1 saturated heterocycles. The van der Waals surface area contributed by atoms with Crippen molar-refractivity contribution in [2.24, 2.45) is 5.14 Å². The second kappa shape index (κ2) is 6.11. The van der Waals surface area contributed by atoms with Crippen LogP contribution >= 0.6 is 0 Å². The normalized spacial score (nSPS) is 19.6. The summed E-state index contributed by atoms with van der Waals surface area (Å²) >= 11 is 0. The summed E-state index contributed by atoms with van der Waals surface area (Å²) in [5.74, 6) is -1.24. The van der Waals surface area contributed by atoms with Gasteiger partial charge in [-0.1, -0.05) is 6.92 Å². The van der Waals surface area contributed by atoms with Crippen LogP contribution in [0.5, 0.6) is 0 Å². The fraction of sp³-hybridized carbons (Fsp3) is 0.500. The molecular formula is C14H19FN2O3S. The lowest BCUT2D eigenvalue weighted by Gasteiger charge is -2.35. The molecule has 0 aromatic heterocycles. The van der Waals surface area contributed by atoms with Crippen molar-refractivity contribution >= 4 is 15.9 Å². The van der Waals surface area contributed by atoms with Crippen LogP contribution in [-0.4, -0.2) is 31.8 Å². The van der Waals surface area contributed by atoms with Crippen LogP contribution in [0.3, 0.4) is 0 Å². The van der Waals surface area contributed by atoms with Crippen molar-refractivity contribution in [2.45, 2.75) is 43.5 Å². The molecule has 0 bridgehead atoms. The van der Waals surface area contributed by atoms with Crippen molar-refractivity contribution < 1.29 is 17.6 Å². The van der Waals surface area contributed by atoms with Crippen LogP contribution in [0, 0.1) is 5.82 Å². The van der Waals surface area contributed by atoms with Gasteiger partial charge in [-0.3, -0.25) is 4.79 Å². The molecule has 1 aromatic rings. The first-order chi connectivity index (χ1) is 9.84. The maximum atomic E-state index is 14.0. The van der Waals surface area contributed by atoms with Gasteiger partial charge in [0.2, 0.25) is 10.0 Å². The molecule has 5 nitrogen and oxygen atoms in total. The predicted molar refractivity (Wildman–Crippen MR) is 76.7 cm³/mol. The number of likely N-dealkylation sites (tertiary alicyclic amines) is 1. The summed E-state index contributed by atoms with van der Waals surface area (Å²) in [6.07, 6.45) is 3.70. The van der Waals surface area contributed by atoms with Gasteiger partial charge in [0.25, 0.3) is 5.91 Å². The van der Waals surface area contributed by atoms with Gasteiger partial charge in [-0.25, -0.2) is 17.9 Å². The summed E-state index contributed by atoms with van der Waals surface area (Å²) in [5, 5.41) is 4.95. The minimum atomic E-state index is -3.97. The van der Waals surface area contributed by atoms with Gasteiger partial charge in [0.15, 0.2) is 0 Å². The van der Waals surface area contributed by atoms with E-state index in [4.69, 9.17) is 5.14 Å². The monoisotopic (exact) mass is 314 g/mol. The summed E-state index contributed by atoms with van der Waals surface area (Å²) in [6, 6.07) is 3.27.